The second-order valence-electron chi connectivity index (χ2n) is 4.96. The van der Waals surface area contributed by atoms with Gasteiger partial charge < -0.3 is 15.3 Å². The highest BCUT2D eigenvalue weighted by Gasteiger charge is 2.22. The van der Waals surface area contributed by atoms with Crippen LogP contribution in [0.3, 0.4) is 0 Å². The Bertz CT molecular complexity index is 507. The summed E-state index contributed by atoms with van der Waals surface area (Å²) < 4.78 is 0. The molecule has 1 aromatic rings. The SMILES string of the molecule is CCC(CC(=O)O)NC(=O)N(C)C(C)c1ccccc1Cl. The monoisotopic (exact) mass is 312 g/mol. The zero-order valence-electron chi connectivity index (χ0n) is 12.5. The fourth-order valence-electron chi connectivity index (χ4n) is 1.98. The molecule has 2 atom stereocenters. The van der Waals surface area contributed by atoms with Gasteiger partial charge in [-0.1, -0.05) is 36.7 Å². The molecule has 0 saturated carbocycles. The highest BCUT2D eigenvalue weighted by molar-refractivity contribution is 6.31. The first kappa shape index (κ1) is 17.3. The number of carboxylic acids is 1. The molecule has 116 valence electrons. The van der Waals surface area contributed by atoms with Gasteiger partial charge in [0.25, 0.3) is 0 Å². The number of aliphatic carboxylic acids is 1. The Morgan fingerprint density at radius 1 is 1.38 bits per heavy atom. The highest BCUT2D eigenvalue weighted by Crippen LogP contribution is 2.26. The van der Waals surface area contributed by atoms with Crippen LogP contribution in [0.1, 0.15) is 38.3 Å². The van der Waals surface area contributed by atoms with Gasteiger partial charge in [-0.15, -0.1) is 0 Å². The maximum atomic E-state index is 12.2. The van der Waals surface area contributed by atoms with E-state index in [4.69, 9.17) is 16.7 Å². The fraction of sp³-hybridized carbons (Fsp3) is 0.467. The molecule has 0 aliphatic carbocycles. The molecule has 0 bridgehead atoms. The summed E-state index contributed by atoms with van der Waals surface area (Å²) in [6.07, 6.45) is 0.475. The van der Waals surface area contributed by atoms with Crippen LogP contribution in [0.25, 0.3) is 0 Å². The molecule has 0 spiro atoms. The predicted octanol–water partition coefficient (Wildman–Crippen LogP) is 3.30. The Hall–Kier alpha value is -1.75. The van der Waals surface area contributed by atoms with E-state index < -0.39 is 5.97 Å². The average Bonchev–Trinajstić information content (AvgIpc) is 2.44. The van der Waals surface area contributed by atoms with Crippen LogP contribution in [0.4, 0.5) is 4.79 Å². The van der Waals surface area contributed by atoms with Crippen molar-refractivity contribution in [3.05, 3.63) is 34.9 Å². The number of hydrogen-bond acceptors (Lipinski definition) is 2. The zero-order chi connectivity index (χ0) is 16.0. The smallest absolute Gasteiger partial charge is 0.317 e. The maximum absolute atomic E-state index is 12.2. The van der Waals surface area contributed by atoms with Crippen molar-refractivity contribution in [3.8, 4) is 0 Å². The van der Waals surface area contributed by atoms with Crippen molar-refractivity contribution in [3.63, 3.8) is 0 Å². The Morgan fingerprint density at radius 2 is 2.00 bits per heavy atom. The number of halogens is 1. The summed E-state index contributed by atoms with van der Waals surface area (Å²) >= 11 is 6.13. The highest BCUT2D eigenvalue weighted by atomic mass is 35.5. The van der Waals surface area contributed by atoms with E-state index in [0.717, 1.165) is 5.56 Å². The van der Waals surface area contributed by atoms with E-state index in [-0.39, 0.29) is 24.5 Å². The van der Waals surface area contributed by atoms with E-state index in [9.17, 15) is 9.59 Å². The largest absolute Gasteiger partial charge is 0.481 e. The number of rotatable bonds is 6. The first-order valence-corrected chi connectivity index (χ1v) is 7.24. The number of amides is 2. The summed E-state index contributed by atoms with van der Waals surface area (Å²) in [6.45, 7) is 3.71. The first-order chi connectivity index (χ1) is 9.86. The minimum Gasteiger partial charge on any atom is -0.481 e. The number of carboxylic acid groups (broad SMARTS) is 1. The predicted molar refractivity (Wildman–Crippen MR) is 82.5 cm³/mol. The first-order valence-electron chi connectivity index (χ1n) is 6.86. The van der Waals surface area contributed by atoms with E-state index in [0.29, 0.717) is 11.4 Å². The molecule has 0 radical (unpaired) electrons. The number of nitrogens with zero attached hydrogens (tertiary/aromatic N) is 1. The summed E-state index contributed by atoms with van der Waals surface area (Å²) in [4.78, 5) is 24.5. The van der Waals surface area contributed by atoms with Gasteiger partial charge in [-0.2, -0.15) is 0 Å². The molecule has 1 aromatic carbocycles. The van der Waals surface area contributed by atoms with Gasteiger partial charge in [-0.25, -0.2) is 4.79 Å². The van der Waals surface area contributed by atoms with Crippen LogP contribution in [0.15, 0.2) is 24.3 Å². The minimum atomic E-state index is -0.927. The summed E-state index contributed by atoms with van der Waals surface area (Å²) in [5, 5.41) is 12.1. The van der Waals surface area contributed by atoms with Gasteiger partial charge >= 0.3 is 12.0 Å². The lowest BCUT2D eigenvalue weighted by atomic mass is 10.1. The van der Waals surface area contributed by atoms with Crippen molar-refractivity contribution in [2.45, 2.75) is 38.8 Å². The Labute approximate surface area is 129 Å². The van der Waals surface area contributed by atoms with Gasteiger partial charge in [-0.3, -0.25) is 4.79 Å². The lowest BCUT2D eigenvalue weighted by molar-refractivity contribution is -0.137. The third-order valence-corrected chi connectivity index (χ3v) is 3.84. The van der Waals surface area contributed by atoms with E-state index in [1.807, 2.05) is 32.0 Å². The van der Waals surface area contributed by atoms with Crippen molar-refractivity contribution in [1.82, 2.24) is 10.2 Å². The summed E-state index contributed by atoms with van der Waals surface area (Å²) in [6, 6.07) is 6.44. The van der Waals surface area contributed by atoms with Gasteiger partial charge in [0.2, 0.25) is 0 Å². The maximum Gasteiger partial charge on any atom is 0.317 e. The normalized spacial score (nSPS) is 13.3. The molecule has 0 aromatic heterocycles. The molecular weight excluding hydrogens is 292 g/mol. The topological polar surface area (TPSA) is 69.6 Å². The van der Waals surface area contributed by atoms with Gasteiger partial charge in [0, 0.05) is 18.1 Å². The fourth-order valence-corrected chi connectivity index (χ4v) is 2.28. The summed E-state index contributed by atoms with van der Waals surface area (Å²) in [5.74, 6) is -0.927. The van der Waals surface area contributed by atoms with Crippen molar-refractivity contribution in [2.24, 2.45) is 0 Å². The number of benzene rings is 1. The number of carbonyl (C=O) groups is 2. The van der Waals surface area contributed by atoms with E-state index >= 15 is 0 Å². The molecule has 0 saturated heterocycles. The van der Waals surface area contributed by atoms with E-state index in [1.165, 1.54) is 4.90 Å². The van der Waals surface area contributed by atoms with Crippen molar-refractivity contribution in [2.75, 3.05) is 7.05 Å². The number of carbonyl (C=O) groups excluding carboxylic acids is 1. The van der Waals surface area contributed by atoms with Crippen molar-refractivity contribution in [1.29, 1.82) is 0 Å². The van der Waals surface area contributed by atoms with Crippen LogP contribution >= 0.6 is 11.6 Å². The third kappa shape index (κ3) is 4.93. The van der Waals surface area contributed by atoms with Crippen LogP contribution in [-0.4, -0.2) is 35.1 Å². The minimum absolute atomic E-state index is 0.0868. The van der Waals surface area contributed by atoms with Crippen LogP contribution in [0.2, 0.25) is 5.02 Å². The number of nitrogens with one attached hydrogen (secondary N) is 1. The lowest BCUT2D eigenvalue weighted by Crippen LogP contribution is -2.44. The van der Waals surface area contributed by atoms with E-state index in [2.05, 4.69) is 5.32 Å². The molecule has 0 fully saturated rings. The van der Waals surface area contributed by atoms with Crippen molar-refractivity contribution >= 4 is 23.6 Å². The molecule has 2 amide bonds. The molecule has 5 nitrogen and oxygen atoms in total. The summed E-state index contributed by atoms with van der Waals surface area (Å²) in [5.41, 5.74) is 0.850. The standard InChI is InChI=1S/C15H21ClN2O3/c1-4-11(9-14(19)20)17-15(21)18(3)10(2)12-7-5-6-8-13(12)16/h5-8,10-11H,4,9H2,1-3H3,(H,17,21)(H,19,20). The molecule has 6 heteroatoms. The molecule has 0 aliphatic rings. The third-order valence-electron chi connectivity index (χ3n) is 3.50. The second-order valence-corrected chi connectivity index (χ2v) is 5.37. The van der Waals surface area contributed by atoms with Crippen LogP contribution in [0, 0.1) is 0 Å². The van der Waals surface area contributed by atoms with Gasteiger partial charge in [-0.05, 0) is 25.0 Å². The second kappa shape index (κ2) is 7.88. The molecule has 1 rings (SSSR count). The average molecular weight is 313 g/mol. The Kier molecular flexibility index (Phi) is 6.49. The van der Waals surface area contributed by atoms with Crippen LogP contribution in [-0.2, 0) is 4.79 Å². The molecule has 0 heterocycles. The van der Waals surface area contributed by atoms with Crippen LogP contribution < -0.4 is 5.32 Å². The summed E-state index contributed by atoms with van der Waals surface area (Å²) in [7, 11) is 1.66. The molecule has 21 heavy (non-hydrogen) atoms. The Balaban J connectivity index is 2.73. The molecular formula is C15H21ClN2O3. The molecule has 2 N–H and O–H groups in total. The number of urea groups is 1. The number of hydrogen-bond donors (Lipinski definition) is 2. The Morgan fingerprint density at radius 3 is 2.52 bits per heavy atom. The van der Waals surface area contributed by atoms with Gasteiger partial charge in [0.1, 0.15) is 0 Å². The van der Waals surface area contributed by atoms with Gasteiger partial charge in [0.15, 0.2) is 0 Å². The van der Waals surface area contributed by atoms with Crippen molar-refractivity contribution < 1.29 is 14.7 Å². The van der Waals surface area contributed by atoms with E-state index in [1.54, 1.807) is 13.1 Å². The lowest BCUT2D eigenvalue weighted by Gasteiger charge is -2.28. The quantitative estimate of drug-likeness (QED) is 0.846. The van der Waals surface area contributed by atoms with Crippen LogP contribution in [0.5, 0.6) is 0 Å². The molecule has 0 aliphatic heterocycles. The van der Waals surface area contributed by atoms with Gasteiger partial charge in [0.05, 0.1) is 12.5 Å². The zero-order valence-corrected chi connectivity index (χ0v) is 13.2. The molecule has 2 unspecified atom stereocenters.